The van der Waals surface area contributed by atoms with Gasteiger partial charge in [-0.1, -0.05) is 71.0 Å². The summed E-state index contributed by atoms with van der Waals surface area (Å²) in [7, 11) is 0. The fourth-order valence-electron chi connectivity index (χ4n) is 1.88. The maximum atomic E-state index is 6.38. The summed E-state index contributed by atoms with van der Waals surface area (Å²) in [6.07, 6.45) is 0. The SMILES string of the molecule is CCOc1cc(Cl)c(C(Br)c2cc(Br)ccc2Br)cc1Cl. The largest absolute Gasteiger partial charge is 0.492 e. The summed E-state index contributed by atoms with van der Waals surface area (Å²) in [5.41, 5.74) is 1.95. The molecule has 0 amide bonds. The van der Waals surface area contributed by atoms with Crippen molar-refractivity contribution >= 4 is 71.0 Å². The molecule has 0 aliphatic rings. The average molecular weight is 518 g/mol. The van der Waals surface area contributed by atoms with Gasteiger partial charge in [-0.15, -0.1) is 0 Å². The zero-order valence-corrected chi connectivity index (χ0v) is 17.2. The van der Waals surface area contributed by atoms with Gasteiger partial charge in [0.05, 0.1) is 16.5 Å². The van der Waals surface area contributed by atoms with Gasteiger partial charge in [0.1, 0.15) is 5.75 Å². The summed E-state index contributed by atoms with van der Waals surface area (Å²) >= 11 is 23.4. The third-order valence-electron chi connectivity index (χ3n) is 2.86. The van der Waals surface area contributed by atoms with E-state index in [1.54, 1.807) is 6.07 Å². The third kappa shape index (κ3) is 4.17. The average Bonchev–Trinajstić information content (AvgIpc) is 2.44. The van der Waals surface area contributed by atoms with Crippen LogP contribution in [0.4, 0.5) is 0 Å². The molecule has 2 rings (SSSR count). The van der Waals surface area contributed by atoms with E-state index in [-0.39, 0.29) is 4.83 Å². The molecule has 0 aliphatic heterocycles. The van der Waals surface area contributed by atoms with Crippen LogP contribution >= 0.6 is 71.0 Å². The Morgan fingerprint density at radius 2 is 1.76 bits per heavy atom. The van der Waals surface area contributed by atoms with Gasteiger partial charge in [-0.3, -0.25) is 0 Å². The summed E-state index contributed by atoms with van der Waals surface area (Å²) < 4.78 is 7.44. The number of halogens is 5. The Labute approximate surface area is 159 Å². The maximum absolute atomic E-state index is 6.38. The van der Waals surface area contributed by atoms with E-state index in [0.717, 1.165) is 20.1 Å². The van der Waals surface area contributed by atoms with Crippen molar-refractivity contribution in [2.45, 2.75) is 11.8 Å². The van der Waals surface area contributed by atoms with Crippen LogP contribution in [0.1, 0.15) is 22.9 Å². The summed E-state index contributed by atoms with van der Waals surface area (Å²) in [6.45, 7) is 2.45. The first-order chi connectivity index (χ1) is 9.93. The Morgan fingerprint density at radius 3 is 2.43 bits per heavy atom. The number of benzene rings is 2. The highest BCUT2D eigenvalue weighted by atomic mass is 79.9. The molecule has 21 heavy (non-hydrogen) atoms. The predicted octanol–water partition coefficient (Wildman–Crippen LogP) is 7.40. The first-order valence-electron chi connectivity index (χ1n) is 6.14. The van der Waals surface area contributed by atoms with Crippen molar-refractivity contribution < 1.29 is 4.74 Å². The molecule has 0 bridgehead atoms. The van der Waals surface area contributed by atoms with Crippen molar-refractivity contribution in [2.24, 2.45) is 0 Å². The number of rotatable bonds is 4. The van der Waals surface area contributed by atoms with Crippen molar-refractivity contribution in [3.8, 4) is 5.75 Å². The summed E-state index contributed by atoms with van der Waals surface area (Å²) in [5.74, 6) is 0.598. The van der Waals surface area contributed by atoms with Gasteiger partial charge in [0, 0.05) is 20.0 Å². The number of hydrogen-bond acceptors (Lipinski definition) is 1. The van der Waals surface area contributed by atoms with Gasteiger partial charge in [0.15, 0.2) is 0 Å². The Morgan fingerprint density at radius 1 is 1.05 bits per heavy atom. The van der Waals surface area contributed by atoms with E-state index in [9.17, 15) is 0 Å². The topological polar surface area (TPSA) is 9.23 Å². The lowest BCUT2D eigenvalue weighted by Crippen LogP contribution is -1.98. The van der Waals surface area contributed by atoms with Crippen LogP contribution in [0.5, 0.6) is 5.75 Å². The minimum Gasteiger partial charge on any atom is -0.492 e. The third-order valence-corrected chi connectivity index (χ3v) is 5.68. The maximum Gasteiger partial charge on any atom is 0.139 e. The fraction of sp³-hybridized carbons (Fsp3) is 0.200. The molecular weight excluding hydrogens is 507 g/mol. The van der Waals surface area contributed by atoms with Crippen LogP contribution in [-0.4, -0.2) is 6.61 Å². The Bertz CT molecular complexity index is 662. The first kappa shape index (κ1) is 17.6. The Balaban J connectivity index is 2.46. The van der Waals surface area contributed by atoms with Crippen LogP contribution in [0.2, 0.25) is 10.0 Å². The molecule has 6 heteroatoms. The van der Waals surface area contributed by atoms with Crippen molar-refractivity contribution in [3.05, 3.63) is 60.4 Å². The lowest BCUT2D eigenvalue weighted by atomic mass is 10.0. The highest BCUT2D eigenvalue weighted by Gasteiger charge is 2.19. The van der Waals surface area contributed by atoms with Crippen LogP contribution in [-0.2, 0) is 0 Å². The predicted molar refractivity (Wildman–Crippen MR) is 100 cm³/mol. The normalized spacial score (nSPS) is 12.3. The molecule has 2 aromatic carbocycles. The minimum absolute atomic E-state index is 0.0787. The van der Waals surface area contributed by atoms with E-state index in [2.05, 4.69) is 47.8 Å². The van der Waals surface area contributed by atoms with Crippen molar-refractivity contribution in [1.29, 1.82) is 0 Å². The zero-order valence-electron chi connectivity index (χ0n) is 11.0. The van der Waals surface area contributed by atoms with Gasteiger partial charge < -0.3 is 4.74 Å². The minimum atomic E-state index is -0.0787. The number of hydrogen-bond donors (Lipinski definition) is 0. The van der Waals surface area contributed by atoms with Crippen LogP contribution in [0.3, 0.4) is 0 Å². The first-order valence-corrected chi connectivity index (χ1v) is 9.40. The quantitative estimate of drug-likeness (QED) is 0.384. The second-order valence-electron chi connectivity index (χ2n) is 4.27. The van der Waals surface area contributed by atoms with Crippen molar-refractivity contribution in [3.63, 3.8) is 0 Å². The van der Waals surface area contributed by atoms with E-state index < -0.39 is 0 Å². The molecule has 0 aromatic heterocycles. The van der Waals surface area contributed by atoms with Gasteiger partial charge in [0.25, 0.3) is 0 Å². The summed E-state index contributed by atoms with van der Waals surface area (Å²) in [6, 6.07) is 9.58. The molecule has 1 atom stereocenters. The zero-order chi connectivity index (χ0) is 15.6. The molecule has 112 valence electrons. The lowest BCUT2D eigenvalue weighted by molar-refractivity contribution is 0.340. The molecule has 1 nitrogen and oxygen atoms in total. The number of ether oxygens (including phenoxy) is 1. The molecule has 1 unspecified atom stereocenters. The molecule has 0 N–H and O–H groups in total. The molecule has 0 radical (unpaired) electrons. The molecular formula is C15H11Br3Cl2O. The van der Waals surface area contributed by atoms with Crippen LogP contribution in [0.15, 0.2) is 39.3 Å². The molecule has 0 aliphatic carbocycles. The molecule has 0 saturated carbocycles. The molecule has 0 heterocycles. The highest BCUT2D eigenvalue weighted by molar-refractivity contribution is 9.11. The second kappa shape index (κ2) is 7.69. The Kier molecular flexibility index (Phi) is 6.45. The van der Waals surface area contributed by atoms with Crippen LogP contribution in [0, 0.1) is 0 Å². The standard InChI is InChI=1S/C15H11Br3Cl2O/c1-2-21-14-7-12(19)10(6-13(14)20)15(18)9-5-8(16)3-4-11(9)17/h3-7,15H,2H2,1H3. The smallest absolute Gasteiger partial charge is 0.139 e. The monoisotopic (exact) mass is 514 g/mol. The lowest BCUT2D eigenvalue weighted by Gasteiger charge is -2.17. The molecule has 2 aromatic rings. The van der Waals surface area contributed by atoms with E-state index >= 15 is 0 Å². The van der Waals surface area contributed by atoms with Gasteiger partial charge >= 0.3 is 0 Å². The molecule has 0 fully saturated rings. The van der Waals surface area contributed by atoms with Gasteiger partial charge in [0.2, 0.25) is 0 Å². The number of alkyl halides is 1. The van der Waals surface area contributed by atoms with Crippen molar-refractivity contribution in [1.82, 2.24) is 0 Å². The van der Waals surface area contributed by atoms with Gasteiger partial charge in [-0.05, 0) is 42.3 Å². The van der Waals surface area contributed by atoms with Gasteiger partial charge in [-0.2, -0.15) is 0 Å². The van der Waals surface area contributed by atoms with Gasteiger partial charge in [-0.25, -0.2) is 0 Å². The van der Waals surface area contributed by atoms with E-state index in [0.29, 0.717) is 22.4 Å². The highest BCUT2D eigenvalue weighted by Crippen LogP contribution is 2.42. The van der Waals surface area contributed by atoms with Crippen LogP contribution < -0.4 is 4.74 Å². The summed E-state index contributed by atoms with van der Waals surface area (Å²) in [4.78, 5) is -0.0787. The summed E-state index contributed by atoms with van der Waals surface area (Å²) in [5, 5.41) is 1.16. The van der Waals surface area contributed by atoms with E-state index in [1.165, 1.54) is 0 Å². The second-order valence-corrected chi connectivity index (χ2v) is 7.77. The van der Waals surface area contributed by atoms with Crippen LogP contribution in [0.25, 0.3) is 0 Å². The molecule has 0 saturated heterocycles. The van der Waals surface area contributed by atoms with E-state index in [1.807, 2.05) is 31.2 Å². The fourth-order valence-corrected chi connectivity index (χ4v) is 4.42. The molecule has 0 spiro atoms. The van der Waals surface area contributed by atoms with Crippen molar-refractivity contribution in [2.75, 3.05) is 6.61 Å². The Hall–Kier alpha value is 0.260. The van der Waals surface area contributed by atoms with E-state index in [4.69, 9.17) is 27.9 Å².